The Bertz CT molecular complexity index is 699. The molecule has 0 saturated heterocycles. The monoisotopic (exact) mass is 326 g/mol. The lowest BCUT2D eigenvalue weighted by Gasteiger charge is -2.09. The number of para-hydroxylation sites is 1. The molecule has 0 saturated carbocycles. The van der Waals surface area contributed by atoms with E-state index in [2.05, 4.69) is 10.6 Å². The Hall–Kier alpha value is -2.82. The van der Waals surface area contributed by atoms with Crippen molar-refractivity contribution < 1.29 is 14.3 Å². The molecule has 0 radical (unpaired) electrons. The van der Waals surface area contributed by atoms with Gasteiger partial charge in [-0.2, -0.15) is 0 Å². The van der Waals surface area contributed by atoms with Crippen LogP contribution in [0.2, 0.25) is 0 Å². The average Bonchev–Trinajstić information content (AvgIpc) is 2.60. The minimum atomic E-state index is -0.223. The molecular weight excluding hydrogens is 304 g/mol. The second kappa shape index (κ2) is 8.72. The van der Waals surface area contributed by atoms with Gasteiger partial charge in [-0.15, -0.1) is 0 Å². The lowest BCUT2D eigenvalue weighted by molar-refractivity contribution is -0.123. The van der Waals surface area contributed by atoms with Crippen LogP contribution in [0.3, 0.4) is 0 Å². The van der Waals surface area contributed by atoms with Crippen LogP contribution in [0.5, 0.6) is 5.75 Å². The van der Waals surface area contributed by atoms with Crippen LogP contribution >= 0.6 is 0 Å². The maximum atomic E-state index is 12.0. The molecule has 2 aromatic carbocycles. The van der Waals surface area contributed by atoms with Crippen molar-refractivity contribution in [2.45, 2.75) is 13.8 Å². The molecule has 2 N–H and O–H groups in total. The van der Waals surface area contributed by atoms with Crippen LogP contribution in [0.4, 0.5) is 0 Å². The topological polar surface area (TPSA) is 67.4 Å². The van der Waals surface area contributed by atoms with E-state index < -0.39 is 0 Å². The van der Waals surface area contributed by atoms with Gasteiger partial charge in [0.25, 0.3) is 11.8 Å². The summed E-state index contributed by atoms with van der Waals surface area (Å²) in [4.78, 5) is 23.7. The molecule has 0 spiro atoms. The fourth-order valence-corrected chi connectivity index (χ4v) is 2.08. The Morgan fingerprint density at radius 2 is 1.62 bits per heavy atom. The molecule has 0 aliphatic carbocycles. The van der Waals surface area contributed by atoms with Gasteiger partial charge in [-0.3, -0.25) is 9.59 Å². The molecule has 2 aromatic rings. The van der Waals surface area contributed by atoms with Crippen molar-refractivity contribution in [3.63, 3.8) is 0 Å². The van der Waals surface area contributed by atoms with Crippen molar-refractivity contribution in [3.8, 4) is 5.75 Å². The Labute approximate surface area is 142 Å². The molecular formula is C19H22N2O3. The molecule has 2 rings (SSSR count). The highest BCUT2D eigenvalue weighted by atomic mass is 16.5. The lowest BCUT2D eigenvalue weighted by atomic mass is 10.1. The molecule has 0 aliphatic rings. The fourth-order valence-electron chi connectivity index (χ4n) is 2.08. The van der Waals surface area contributed by atoms with Crippen molar-refractivity contribution in [3.05, 3.63) is 65.2 Å². The summed E-state index contributed by atoms with van der Waals surface area (Å²) in [5.74, 6) is 0.280. The van der Waals surface area contributed by atoms with Crippen LogP contribution in [0.1, 0.15) is 21.5 Å². The summed E-state index contributed by atoms with van der Waals surface area (Å²) in [6.45, 7) is 4.65. The van der Waals surface area contributed by atoms with Gasteiger partial charge in [0.05, 0.1) is 0 Å². The summed E-state index contributed by atoms with van der Waals surface area (Å²) < 4.78 is 5.34. The average molecular weight is 326 g/mol. The van der Waals surface area contributed by atoms with Crippen molar-refractivity contribution in [2.75, 3.05) is 19.7 Å². The second-order valence-electron chi connectivity index (χ2n) is 5.51. The van der Waals surface area contributed by atoms with E-state index in [1.807, 2.05) is 44.2 Å². The van der Waals surface area contributed by atoms with Crippen LogP contribution < -0.4 is 15.4 Å². The molecule has 5 heteroatoms. The molecule has 0 heterocycles. The molecule has 0 aromatic heterocycles. The zero-order valence-electron chi connectivity index (χ0n) is 14.0. The van der Waals surface area contributed by atoms with Crippen LogP contribution in [-0.2, 0) is 4.79 Å². The first-order valence-corrected chi connectivity index (χ1v) is 7.86. The summed E-state index contributed by atoms with van der Waals surface area (Å²) in [7, 11) is 0. The van der Waals surface area contributed by atoms with Gasteiger partial charge in [-0.1, -0.05) is 24.3 Å². The zero-order chi connectivity index (χ0) is 17.4. The van der Waals surface area contributed by atoms with Gasteiger partial charge in [-0.05, 0) is 49.2 Å². The molecule has 0 unspecified atom stereocenters. The van der Waals surface area contributed by atoms with E-state index in [4.69, 9.17) is 4.74 Å². The number of nitrogens with one attached hydrogen (secondary N) is 2. The third-order valence-corrected chi connectivity index (χ3v) is 3.61. The quantitative estimate of drug-likeness (QED) is 0.767. The van der Waals surface area contributed by atoms with Crippen LogP contribution in [-0.4, -0.2) is 31.5 Å². The summed E-state index contributed by atoms with van der Waals surface area (Å²) in [5.41, 5.74) is 2.85. The van der Waals surface area contributed by atoms with Crippen molar-refractivity contribution >= 4 is 11.8 Å². The fraction of sp³-hybridized carbons (Fsp3) is 0.263. The van der Waals surface area contributed by atoms with Gasteiger partial charge < -0.3 is 15.4 Å². The smallest absolute Gasteiger partial charge is 0.258 e. The predicted molar refractivity (Wildman–Crippen MR) is 93.2 cm³/mol. The summed E-state index contributed by atoms with van der Waals surface area (Å²) in [6.07, 6.45) is 0. The SMILES string of the molecule is Cc1ccc(C(=O)NCCNC(=O)COc2ccccc2)cc1C. The van der Waals surface area contributed by atoms with Gasteiger partial charge in [0, 0.05) is 18.7 Å². The van der Waals surface area contributed by atoms with Crippen LogP contribution in [0.15, 0.2) is 48.5 Å². The maximum Gasteiger partial charge on any atom is 0.258 e. The highest BCUT2D eigenvalue weighted by molar-refractivity contribution is 5.94. The molecule has 0 aliphatic heterocycles. The van der Waals surface area contributed by atoms with E-state index in [0.717, 1.165) is 11.1 Å². The van der Waals surface area contributed by atoms with E-state index in [-0.39, 0.29) is 18.4 Å². The highest BCUT2D eigenvalue weighted by Crippen LogP contribution is 2.09. The van der Waals surface area contributed by atoms with Gasteiger partial charge >= 0.3 is 0 Å². The number of hydrogen-bond acceptors (Lipinski definition) is 3. The standard InChI is InChI=1S/C19H22N2O3/c1-14-8-9-16(12-15(14)2)19(23)21-11-10-20-18(22)13-24-17-6-4-3-5-7-17/h3-9,12H,10-11,13H2,1-2H3,(H,20,22)(H,21,23). The first-order valence-electron chi connectivity index (χ1n) is 7.86. The Kier molecular flexibility index (Phi) is 6.37. The Morgan fingerprint density at radius 3 is 2.33 bits per heavy atom. The molecule has 0 bridgehead atoms. The zero-order valence-corrected chi connectivity index (χ0v) is 14.0. The van der Waals surface area contributed by atoms with E-state index in [1.54, 1.807) is 18.2 Å². The Balaban J connectivity index is 1.65. The van der Waals surface area contributed by atoms with Crippen molar-refractivity contribution in [2.24, 2.45) is 0 Å². The largest absolute Gasteiger partial charge is 0.484 e. The van der Waals surface area contributed by atoms with E-state index in [9.17, 15) is 9.59 Å². The highest BCUT2D eigenvalue weighted by Gasteiger charge is 2.06. The summed E-state index contributed by atoms with van der Waals surface area (Å²) >= 11 is 0. The van der Waals surface area contributed by atoms with Crippen LogP contribution in [0.25, 0.3) is 0 Å². The molecule has 0 atom stereocenters. The number of ether oxygens (including phenoxy) is 1. The van der Waals surface area contributed by atoms with Gasteiger partial charge in [0.1, 0.15) is 5.75 Å². The normalized spacial score (nSPS) is 10.1. The number of aryl methyl sites for hydroxylation is 2. The Morgan fingerprint density at radius 1 is 0.917 bits per heavy atom. The second-order valence-corrected chi connectivity index (χ2v) is 5.51. The van der Waals surface area contributed by atoms with E-state index >= 15 is 0 Å². The minimum absolute atomic E-state index is 0.0465. The number of rotatable bonds is 7. The first kappa shape index (κ1) is 17.5. The van der Waals surface area contributed by atoms with Crippen LogP contribution in [0, 0.1) is 13.8 Å². The molecule has 24 heavy (non-hydrogen) atoms. The molecule has 2 amide bonds. The number of benzene rings is 2. The summed E-state index contributed by atoms with van der Waals surface area (Å²) in [6, 6.07) is 14.7. The lowest BCUT2D eigenvalue weighted by Crippen LogP contribution is -2.36. The third-order valence-electron chi connectivity index (χ3n) is 3.61. The minimum Gasteiger partial charge on any atom is -0.484 e. The molecule has 0 fully saturated rings. The van der Waals surface area contributed by atoms with E-state index in [0.29, 0.717) is 24.4 Å². The van der Waals surface area contributed by atoms with Gasteiger partial charge in [0.15, 0.2) is 6.61 Å². The van der Waals surface area contributed by atoms with Crippen molar-refractivity contribution in [1.29, 1.82) is 0 Å². The van der Waals surface area contributed by atoms with Gasteiger partial charge in [-0.25, -0.2) is 0 Å². The van der Waals surface area contributed by atoms with E-state index in [1.165, 1.54) is 0 Å². The molecule has 5 nitrogen and oxygen atoms in total. The van der Waals surface area contributed by atoms with Crippen molar-refractivity contribution in [1.82, 2.24) is 10.6 Å². The summed E-state index contributed by atoms with van der Waals surface area (Å²) in [5, 5.41) is 5.48. The number of hydrogen-bond donors (Lipinski definition) is 2. The number of carbonyl (C=O) groups excluding carboxylic acids is 2. The third kappa shape index (κ3) is 5.43. The van der Waals surface area contributed by atoms with Gasteiger partial charge in [0.2, 0.25) is 0 Å². The first-order chi connectivity index (χ1) is 11.6. The predicted octanol–water partition coefficient (Wildman–Crippen LogP) is 2.23. The molecule has 126 valence electrons. The number of amides is 2. The number of carbonyl (C=O) groups is 2. The maximum absolute atomic E-state index is 12.0.